The number of halogens is 4. The molecule has 0 unspecified atom stereocenters. The minimum absolute atomic E-state index is 0. The molecule has 3 aromatic rings. The fourth-order valence-corrected chi connectivity index (χ4v) is 6.18. The lowest BCUT2D eigenvalue weighted by Gasteiger charge is -2.39. The van der Waals surface area contributed by atoms with Crippen molar-refractivity contribution in [3.05, 3.63) is 104 Å². The average molecular weight is 573 g/mol. The summed E-state index contributed by atoms with van der Waals surface area (Å²) in [5.74, 6) is -0.817. The number of aromatic carboxylic acids is 1. The normalized spacial score (nSPS) is 15.8. The molecule has 3 aromatic carbocycles. The Labute approximate surface area is 239 Å². The van der Waals surface area contributed by atoms with Crippen molar-refractivity contribution in [2.45, 2.75) is 39.0 Å². The first-order valence-electron chi connectivity index (χ1n) is 13.3. The quantitative estimate of drug-likeness (QED) is 0.297. The lowest BCUT2D eigenvalue weighted by atomic mass is 9.85. The number of hydrogen-bond acceptors (Lipinski definition) is 2. The van der Waals surface area contributed by atoms with Gasteiger partial charge in [0.05, 0.1) is 12.2 Å². The van der Waals surface area contributed by atoms with E-state index in [1.807, 2.05) is 43.3 Å². The Hall–Kier alpha value is -2.73. The van der Waals surface area contributed by atoms with E-state index in [1.54, 1.807) is 18.2 Å². The van der Waals surface area contributed by atoms with Crippen LogP contribution in [-0.4, -0.2) is 42.3 Å². The Morgan fingerprint density at radius 3 is 2.51 bits per heavy atom. The molecule has 1 fully saturated rings. The summed E-state index contributed by atoms with van der Waals surface area (Å²) in [5, 5.41) is 10.2. The van der Waals surface area contributed by atoms with Crippen LogP contribution < -0.4 is 0 Å². The lowest BCUT2D eigenvalue weighted by molar-refractivity contribution is 0.0696. The number of rotatable bonds is 8. The van der Waals surface area contributed by atoms with Gasteiger partial charge in [-0.2, -0.15) is 0 Å². The van der Waals surface area contributed by atoms with E-state index in [2.05, 4.69) is 4.90 Å². The topological polar surface area (TPSA) is 40.5 Å². The molecule has 1 heterocycles. The van der Waals surface area contributed by atoms with Crippen molar-refractivity contribution in [3.8, 4) is 0 Å². The number of likely N-dealkylation sites (tertiary alicyclic amines) is 1. The predicted octanol–water partition coefficient (Wildman–Crippen LogP) is 8.04. The Kier molecular flexibility index (Phi) is 9.47. The highest BCUT2D eigenvalue weighted by Crippen LogP contribution is 2.42. The maximum absolute atomic E-state index is 15.5. The van der Waals surface area contributed by atoms with E-state index in [0.29, 0.717) is 29.3 Å². The van der Waals surface area contributed by atoms with Crippen molar-refractivity contribution in [1.29, 1.82) is 0 Å². The van der Waals surface area contributed by atoms with Gasteiger partial charge in [0.1, 0.15) is 5.82 Å². The third-order valence-electron chi connectivity index (χ3n) is 7.74. The highest BCUT2D eigenvalue weighted by Gasteiger charge is 2.28. The molecule has 7 heteroatoms. The third kappa shape index (κ3) is 6.37. The molecule has 3 nitrogen and oxygen atoms in total. The third-order valence-corrected chi connectivity index (χ3v) is 8.05. The van der Waals surface area contributed by atoms with Crippen LogP contribution in [0.1, 0.15) is 63.0 Å². The fourth-order valence-electron chi connectivity index (χ4n) is 5.84. The molecular formula is C32H33Cl2F2NO2. The minimum atomic E-state index is -0.959. The number of benzene rings is 3. The van der Waals surface area contributed by atoms with Crippen LogP contribution in [0.25, 0.3) is 11.1 Å². The van der Waals surface area contributed by atoms with Gasteiger partial charge in [-0.15, -0.1) is 12.4 Å². The first kappa shape index (κ1) is 29.3. The van der Waals surface area contributed by atoms with Gasteiger partial charge in [-0.1, -0.05) is 41.9 Å². The summed E-state index contributed by atoms with van der Waals surface area (Å²) in [4.78, 5) is 13.9. The number of carbonyl (C=O) groups is 1. The maximum Gasteiger partial charge on any atom is 0.335 e. The first-order valence-corrected chi connectivity index (χ1v) is 13.6. The molecule has 206 valence electrons. The van der Waals surface area contributed by atoms with E-state index < -0.39 is 5.97 Å². The van der Waals surface area contributed by atoms with Crippen LogP contribution in [0.15, 0.2) is 54.6 Å². The molecule has 0 amide bonds. The number of hydrogen-bond donors (Lipinski definition) is 1. The lowest BCUT2D eigenvalue weighted by Crippen LogP contribution is -2.48. The first-order chi connectivity index (χ1) is 18.3. The van der Waals surface area contributed by atoms with Crippen molar-refractivity contribution in [1.82, 2.24) is 4.90 Å². The molecule has 39 heavy (non-hydrogen) atoms. The summed E-state index contributed by atoms with van der Waals surface area (Å²) in [5.41, 5.74) is 7.53. The molecule has 0 spiro atoms. The summed E-state index contributed by atoms with van der Waals surface area (Å²) in [6.45, 7) is 4.21. The maximum atomic E-state index is 15.5. The number of allylic oxidation sites excluding steroid dienone is 1. The van der Waals surface area contributed by atoms with Crippen molar-refractivity contribution < 1.29 is 18.7 Å². The van der Waals surface area contributed by atoms with Crippen molar-refractivity contribution in [2.24, 2.45) is 5.92 Å². The van der Waals surface area contributed by atoms with E-state index in [-0.39, 0.29) is 30.5 Å². The number of nitrogens with zero attached hydrogens (tertiary/aromatic N) is 1. The number of aryl methyl sites for hydroxylation is 2. The zero-order valence-corrected chi connectivity index (χ0v) is 23.6. The number of fused-ring (bicyclic) bond motifs is 1. The standard InChI is InChI=1S/C32H32ClF2NO2.ClH/c1-20-6-10-27(29(33)14-20)28-5-2-4-22-16-25(32(37)38)9-11-26(22)31(28)24-8-7-23(30(35)17-24)15-21-18-36(19-21)13-3-12-34;/h6-11,14,16-17,21H,2-5,12-13,15,18-19H2,1H3,(H,37,38);1H. The molecule has 5 rings (SSSR count). The van der Waals surface area contributed by atoms with Crippen LogP contribution in [0.3, 0.4) is 0 Å². The van der Waals surface area contributed by atoms with Gasteiger partial charge >= 0.3 is 5.97 Å². The van der Waals surface area contributed by atoms with Crippen LogP contribution >= 0.6 is 24.0 Å². The van der Waals surface area contributed by atoms with Gasteiger partial charge in [0.25, 0.3) is 0 Å². The second-order valence-electron chi connectivity index (χ2n) is 10.5. The van der Waals surface area contributed by atoms with Crippen LogP contribution in [0.5, 0.6) is 0 Å². The minimum Gasteiger partial charge on any atom is -0.478 e. The summed E-state index contributed by atoms with van der Waals surface area (Å²) in [7, 11) is 0. The van der Waals surface area contributed by atoms with Crippen molar-refractivity contribution >= 4 is 41.1 Å². The number of carboxylic acid groups (broad SMARTS) is 1. The predicted molar refractivity (Wildman–Crippen MR) is 156 cm³/mol. The van der Waals surface area contributed by atoms with Crippen LogP contribution in [0.4, 0.5) is 8.78 Å². The fraction of sp³-hybridized carbons (Fsp3) is 0.344. The largest absolute Gasteiger partial charge is 0.478 e. The molecule has 0 bridgehead atoms. The Balaban J connectivity index is 0.00000353. The zero-order chi connectivity index (χ0) is 26.8. The average Bonchev–Trinajstić information content (AvgIpc) is 3.05. The second-order valence-corrected chi connectivity index (χ2v) is 11.0. The molecule has 0 atom stereocenters. The van der Waals surface area contributed by atoms with Gasteiger partial charge in [-0.25, -0.2) is 9.18 Å². The summed E-state index contributed by atoms with van der Waals surface area (Å²) >= 11 is 6.73. The zero-order valence-electron chi connectivity index (χ0n) is 22.0. The van der Waals surface area contributed by atoms with E-state index in [0.717, 1.165) is 77.9 Å². The number of alkyl halides is 1. The van der Waals surface area contributed by atoms with Gasteiger partial charge in [-0.05, 0) is 114 Å². The highest BCUT2D eigenvalue weighted by molar-refractivity contribution is 6.32. The van der Waals surface area contributed by atoms with Gasteiger partial charge in [-0.3, -0.25) is 4.39 Å². The summed E-state index contributed by atoms with van der Waals surface area (Å²) in [6.07, 6.45) is 3.52. The van der Waals surface area contributed by atoms with Gasteiger partial charge < -0.3 is 10.0 Å². The van der Waals surface area contributed by atoms with Crippen molar-refractivity contribution in [2.75, 3.05) is 26.3 Å². The highest BCUT2D eigenvalue weighted by atomic mass is 35.5. The van der Waals surface area contributed by atoms with Crippen molar-refractivity contribution in [3.63, 3.8) is 0 Å². The van der Waals surface area contributed by atoms with E-state index >= 15 is 4.39 Å². The van der Waals surface area contributed by atoms with Crippen LogP contribution in [0, 0.1) is 18.7 Å². The Bertz CT molecular complexity index is 1400. The Morgan fingerprint density at radius 1 is 1.05 bits per heavy atom. The van der Waals surface area contributed by atoms with E-state index in [9.17, 15) is 14.3 Å². The van der Waals surface area contributed by atoms with Crippen LogP contribution in [-0.2, 0) is 12.8 Å². The van der Waals surface area contributed by atoms with Gasteiger partial charge in [0, 0.05) is 24.7 Å². The smallest absolute Gasteiger partial charge is 0.335 e. The molecule has 1 N–H and O–H groups in total. The SMILES string of the molecule is Cc1ccc(C2=C(c3ccc(CC4CN(CCCF)C4)c(F)c3)c3ccc(C(=O)O)cc3CCC2)c(Cl)c1.Cl. The molecule has 2 aliphatic rings. The van der Waals surface area contributed by atoms with Gasteiger partial charge in [0.2, 0.25) is 0 Å². The molecule has 0 aromatic heterocycles. The van der Waals surface area contributed by atoms with Crippen LogP contribution in [0.2, 0.25) is 5.02 Å². The molecular weight excluding hydrogens is 539 g/mol. The molecule has 1 aliphatic carbocycles. The van der Waals surface area contributed by atoms with E-state index in [1.165, 1.54) is 0 Å². The van der Waals surface area contributed by atoms with E-state index in [4.69, 9.17) is 11.6 Å². The Morgan fingerprint density at radius 2 is 1.82 bits per heavy atom. The summed E-state index contributed by atoms with van der Waals surface area (Å²) < 4.78 is 28.0. The molecule has 1 saturated heterocycles. The molecule has 1 aliphatic heterocycles. The second kappa shape index (κ2) is 12.6. The van der Waals surface area contributed by atoms with Gasteiger partial charge in [0.15, 0.2) is 0 Å². The molecule has 0 saturated carbocycles. The monoisotopic (exact) mass is 571 g/mol. The summed E-state index contributed by atoms with van der Waals surface area (Å²) in [6, 6.07) is 16.7. The number of carboxylic acids is 1. The molecule has 0 radical (unpaired) electrons.